The molecule has 0 saturated carbocycles. The van der Waals surface area contributed by atoms with E-state index in [0.29, 0.717) is 17.6 Å². The summed E-state index contributed by atoms with van der Waals surface area (Å²) in [6.45, 7) is 4.21. The van der Waals surface area contributed by atoms with Crippen molar-refractivity contribution in [3.8, 4) is 11.4 Å². The van der Waals surface area contributed by atoms with Crippen molar-refractivity contribution in [1.29, 1.82) is 0 Å². The molecule has 2 aliphatic heterocycles. The van der Waals surface area contributed by atoms with Crippen LogP contribution in [0.15, 0.2) is 53.3 Å². The molecule has 2 aliphatic rings. The molecule has 1 spiro atoms. The third kappa shape index (κ3) is 4.43. The molecule has 0 radical (unpaired) electrons. The van der Waals surface area contributed by atoms with Crippen LogP contribution in [0.5, 0.6) is 0 Å². The van der Waals surface area contributed by atoms with E-state index in [0.717, 1.165) is 68.5 Å². The second-order valence-electron chi connectivity index (χ2n) is 9.00. The highest BCUT2D eigenvalue weighted by Crippen LogP contribution is 2.39. The lowest BCUT2D eigenvalue weighted by Crippen LogP contribution is -2.51. The first-order chi connectivity index (χ1) is 15.6. The molecule has 0 bridgehead atoms. The average molecular weight is 433 g/mol. The largest absolute Gasteiger partial charge is 0.375 e. The summed E-state index contributed by atoms with van der Waals surface area (Å²) < 4.78 is 11.8. The first-order valence-electron chi connectivity index (χ1n) is 11.3. The van der Waals surface area contributed by atoms with Crippen LogP contribution in [0.1, 0.15) is 47.5 Å². The van der Waals surface area contributed by atoms with E-state index in [1.54, 1.807) is 12.4 Å². The van der Waals surface area contributed by atoms with Crippen molar-refractivity contribution >= 4 is 5.91 Å². The van der Waals surface area contributed by atoms with Gasteiger partial charge in [-0.15, -0.1) is 0 Å². The van der Waals surface area contributed by atoms with E-state index in [1.165, 1.54) is 0 Å². The zero-order chi connectivity index (χ0) is 22.0. The molecule has 32 heavy (non-hydrogen) atoms. The summed E-state index contributed by atoms with van der Waals surface area (Å²) in [5.74, 6) is 1.83. The highest BCUT2D eigenvalue weighted by Gasteiger charge is 2.41. The highest BCUT2D eigenvalue weighted by molar-refractivity contribution is 5.94. The van der Waals surface area contributed by atoms with Gasteiger partial charge in [0.05, 0.1) is 5.60 Å². The number of rotatable bonds is 4. The van der Waals surface area contributed by atoms with Crippen LogP contribution in [0.4, 0.5) is 0 Å². The van der Waals surface area contributed by atoms with Crippen molar-refractivity contribution in [3.05, 3.63) is 65.8 Å². The molecule has 2 saturated heterocycles. The monoisotopic (exact) mass is 432 g/mol. The fourth-order valence-corrected chi connectivity index (χ4v) is 4.93. The lowest BCUT2D eigenvalue weighted by Gasteiger charge is -2.46. The molecule has 7 heteroatoms. The van der Waals surface area contributed by atoms with E-state index < -0.39 is 0 Å². The summed E-state index contributed by atoms with van der Waals surface area (Å²) in [6.07, 6.45) is 7.90. The van der Waals surface area contributed by atoms with E-state index >= 15 is 0 Å². The summed E-state index contributed by atoms with van der Waals surface area (Å²) >= 11 is 0. The molecule has 5 rings (SSSR count). The van der Waals surface area contributed by atoms with Crippen LogP contribution in [0.3, 0.4) is 0 Å². The first-order valence-corrected chi connectivity index (χ1v) is 11.3. The van der Waals surface area contributed by atoms with Gasteiger partial charge in [-0.05, 0) is 62.8 Å². The molecule has 1 aromatic carbocycles. The number of ether oxygens (including phenoxy) is 1. The average Bonchev–Trinajstić information content (AvgIpc) is 3.28. The van der Waals surface area contributed by atoms with Crippen LogP contribution in [0.2, 0.25) is 0 Å². The zero-order valence-corrected chi connectivity index (χ0v) is 18.4. The Balaban J connectivity index is 1.19. The lowest BCUT2D eigenvalue weighted by molar-refractivity contribution is -0.124. The van der Waals surface area contributed by atoms with Crippen molar-refractivity contribution in [3.63, 3.8) is 0 Å². The fraction of sp³-hybridized carbons (Fsp3) is 0.440. The number of hydrogen-bond acceptors (Lipinski definition) is 6. The number of amides is 1. The van der Waals surface area contributed by atoms with Crippen molar-refractivity contribution in [1.82, 2.24) is 20.0 Å². The minimum absolute atomic E-state index is 0.116. The summed E-state index contributed by atoms with van der Waals surface area (Å²) in [5, 5.41) is 4.13. The summed E-state index contributed by atoms with van der Waals surface area (Å²) in [6, 6.07) is 11.6. The molecule has 0 N–H and O–H groups in total. The molecule has 1 atom stereocenters. The molecule has 166 valence electrons. The Morgan fingerprint density at radius 2 is 2.00 bits per heavy atom. The number of benzene rings is 1. The molecule has 2 aromatic heterocycles. The molecular weight excluding hydrogens is 404 g/mol. The third-order valence-corrected chi connectivity index (χ3v) is 6.69. The van der Waals surface area contributed by atoms with Gasteiger partial charge in [0.15, 0.2) is 0 Å². The standard InChI is InChI=1S/C25H28N4O3/c1-18-3-2-4-21(15-18)24(30)29-12-8-25(9-13-29)17-19(7-14-31-25)16-22-27-23(28-32-22)20-5-10-26-11-6-20/h2-6,10-11,15,19H,7-9,12-14,16-17H2,1H3. The minimum atomic E-state index is -0.153. The molecule has 1 unspecified atom stereocenters. The molecule has 2 fully saturated rings. The van der Waals surface area contributed by atoms with E-state index in [4.69, 9.17) is 9.26 Å². The Morgan fingerprint density at radius 3 is 2.78 bits per heavy atom. The topological polar surface area (TPSA) is 81.4 Å². The maximum absolute atomic E-state index is 12.9. The van der Waals surface area contributed by atoms with Crippen molar-refractivity contribution in [2.75, 3.05) is 19.7 Å². The molecule has 0 aliphatic carbocycles. The zero-order valence-electron chi connectivity index (χ0n) is 18.4. The Morgan fingerprint density at radius 1 is 1.19 bits per heavy atom. The van der Waals surface area contributed by atoms with Gasteiger partial charge in [0, 0.05) is 49.6 Å². The summed E-state index contributed by atoms with van der Waals surface area (Å²) in [4.78, 5) is 23.5. The smallest absolute Gasteiger partial charge is 0.253 e. The van der Waals surface area contributed by atoms with Crippen LogP contribution in [0, 0.1) is 12.8 Å². The molecule has 7 nitrogen and oxygen atoms in total. The van der Waals surface area contributed by atoms with Crippen LogP contribution in [0.25, 0.3) is 11.4 Å². The maximum Gasteiger partial charge on any atom is 0.253 e. The predicted octanol–water partition coefficient (Wildman–Crippen LogP) is 4.08. The SMILES string of the molecule is Cc1cccc(C(=O)N2CCC3(CC2)CC(Cc2nc(-c4ccncc4)no2)CCO3)c1. The molecule has 4 heterocycles. The number of nitrogens with zero attached hydrogens (tertiary/aromatic N) is 4. The number of hydrogen-bond donors (Lipinski definition) is 0. The second-order valence-corrected chi connectivity index (χ2v) is 9.00. The number of aromatic nitrogens is 3. The maximum atomic E-state index is 12.9. The number of piperidine rings is 1. The Hall–Kier alpha value is -3.06. The van der Waals surface area contributed by atoms with Crippen LogP contribution < -0.4 is 0 Å². The minimum Gasteiger partial charge on any atom is -0.375 e. The van der Waals surface area contributed by atoms with Crippen LogP contribution in [-0.4, -0.2) is 51.2 Å². The van der Waals surface area contributed by atoms with Gasteiger partial charge in [0.2, 0.25) is 11.7 Å². The van der Waals surface area contributed by atoms with Crippen molar-refractivity contribution in [2.24, 2.45) is 5.92 Å². The lowest BCUT2D eigenvalue weighted by atomic mass is 9.78. The van der Waals surface area contributed by atoms with Gasteiger partial charge >= 0.3 is 0 Å². The molecule has 1 amide bonds. The Labute approximate surface area is 187 Å². The van der Waals surface area contributed by atoms with Gasteiger partial charge in [0.25, 0.3) is 5.91 Å². The number of likely N-dealkylation sites (tertiary alicyclic amines) is 1. The van der Waals surface area contributed by atoms with Gasteiger partial charge in [0.1, 0.15) is 0 Å². The second kappa shape index (κ2) is 8.82. The highest BCUT2D eigenvalue weighted by atomic mass is 16.5. The van der Waals surface area contributed by atoms with Gasteiger partial charge in [-0.2, -0.15) is 4.98 Å². The van der Waals surface area contributed by atoms with Gasteiger partial charge in [-0.1, -0.05) is 22.9 Å². The quantitative estimate of drug-likeness (QED) is 0.618. The van der Waals surface area contributed by atoms with Crippen LogP contribution >= 0.6 is 0 Å². The van der Waals surface area contributed by atoms with Crippen molar-refractivity contribution in [2.45, 2.75) is 44.6 Å². The molecular formula is C25H28N4O3. The first kappa shape index (κ1) is 20.8. The summed E-state index contributed by atoms with van der Waals surface area (Å²) in [5.41, 5.74) is 2.63. The van der Waals surface area contributed by atoms with Gasteiger partial charge < -0.3 is 14.2 Å². The van der Waals surface area contributed by atoms with Gasteiger partial charge in [-0.25, -0.2) is 0 Å². The van der Waals surface area contributed by atoms with E-state index in [-0.39, 0.29) is 11.5 Å². The Bertz CT molecular complexity index is 1070. The van der Waals surface area contributed by atoms with E-state index in [9.17, 15) is 4.79 Å². The number of carbonyl (C=O) groups excluding carboxylic acids is 1. The predicted molar refractivity (Wildman–Crippen MR) is 119 cm³/mol. The van der Waals surface area contributed by atoms with Crippen LogP contribution in [-0.2, 0) is 11.2 Å². The Kier molecular flexibility index (Phi) is 5.74. The normalized spacial score (nSPS) is 20.4. The third-order valence-electron chi connectivity index (χ3n) is 6.69. The van der Waals surface area contributed by atoms with Crippen molar-refractivity contribution < 1.29 is 14.1 Å². The number of carbonyl (C=O) groups is 1. The van der Waals surface area contributed by atoms with E-state index in [1.807, 2.05) is 48.2 Å². The number of aryl methyl sites for hydroxylation is 1. The van der Waals surface area contributed by atoms with E-state index in [2.05, 4.69) is 15.1 Å². The summed E-state index contributed by atoms with van der Waals surface area (Å²) in [7, 11) is 0. The number of pyridine rings is 1. The fourth-order valence-electron chi connectivity index (χ4n) is 4.93. The van der Waals surface area contributed by atoms with Gasteiger partial charge in [-0.3, -0.25) is 9.78 Å². The molecule has 3 aromatic rings.